The average Bonchev–Trinajstić information content (AvgIpc) is 2.85. The molecule has 0 aromatic heterocycles. The Morgan fingerprint density at radius 3 is 2.67 bits per heavy atom. The van der Waals surface area contributed by atoms with Crippen molar-refractivity contribution < 1.29 is 9.84 Å². The Kier molecular flexibility index (Phi) is 2.14. The minimum atomic E-state index is -0.291. The van der Waals surface area contributed by atoms with E-state index in [1.807, 2.05) is 0 Å². The topological polar surface area (TPSA) is 55.5 Å². The van der Waals surface area contributed by atoms with Gasteiger partial charge in [0.2, 0.25) is 0 Å². The van der Waals surface area contributed by atoms with Gasteiger partial charge in [-0.2, -0.15) is 0 Å². The molecule has 3 saturated carbocycles. The Labute approximate surface area is 91.0 Å². The lowest BCUT2D eigenvalue weighted by atomic mass is 9.69. The number of rotatable bonds is 1. The molecule has 2 bridgehead atoms. The van der Waals surface area contributed by atoms with Crippen molar-refractivity contribution in [1.29, 1.82) is 0 Å². The van der Waals surface area contributed by atoms with Gasteiger partial charge >= 0.3 is 0 Å². The van der Waals surface area contributed by atoms with E-state index in [0.717, 1.165) is 24.7 Å². The van der Waals surface area contributed by atoms with Crippen LogP contribution in [-0.4, -0.2) is 30.5 Å². The summed E-state index contributed by atoms with van der Waals surface area (Å²) in [6, 6.07) is 0.311. The summed E-state index contributed by atoms with van der Waals surface area (Å²) >= 11 is 0. The van der Waals surface area contributed by atoms with E-state index < -0.39 is 0 Å². The molecule has 15 heavy (non-hydrogen) atoms. The third kappa shape index (κ3) is 1.17. The highest BCUT2D eigenvalue weighted by molar-refractivity contribution is 5.13. The number of hydrogen-bond acceptors (Lipinski definition) is 3. The molecule has 0 radical (unpaired) electrons. The first-order chi connectivity index (χ1) is 7.17. The van der Waals surface area contributed by atoms with E-state index in [9.17, 15) is 5.11 Å². The molecule has 3 aliphatic rings. The van der Waals surface area contributed by atoms with Crippen LogP contribution in [0, 0.1) is 17.3 Å². The molecule has 0 saturated heterocycles. The van der Waals surface area contributed by atoms with Crippen molar-refractivity contribution in [2.24, 2.45) is 23.0 Å². The van der Waals surface area contributed by atoms with Crippen molar-refractivity contribution in [1.82, 2.24) is 0 Å². The van der Waals surface area contributed by atoms with Crippen LogP contribution in [0.5, 0.6) is 0 Å². The van der Waals surface area contributed by atoms with E-state index >= 15 is 0 Å². The summed E-state index contributed by atoms with van der Waals surface area (Å²) in [5.41, 5.74) is 6.58. The van der Waals surface area contributed by atoms with E-state index in [1.54, 1.807) is 7.11 Å². The lowest BCUT2D eigenvalue weighted by molar-refractivity contribution is 0.00927. The predicted molar refractivity (Wildman–Crippen MR) is 57.3 cm³/mol. The van der Waals surface area contributed by atoms with E-state index in [4.69, 9.17) is 10.5 Å². The number of fused-ring (bicyclic) bond motifs is 3. The second kappa shape index (κ2) is 3.19. The number of aliphatic hydroxyl groups excluding tert-OH is 1. The maximum atomic E-state index is 9.98. The third-order valence-corrected chi connectivity index (χ3v) is 5.36. The molecule has 3 fully saturated rings. The Morgan fingerprint density at radius 1 is 1.33 bits per heavy atom. The van der Waals surface area contributed by atoms with Gasteiger partial charge in [-0.3, -0.25) is 0 Å². The maximum Gasteiger partial charge on any atom is 0.0836 e. The highest BCUT2D eigenvalue weighted by Crippen LogP contribution is 2.62. The van der Waals surface area contributed by atoms with Crippen LogP contribution in [0.4, 0.5) is 0 Å². The largest absolute Gasteiger partial charge is 0.390 e. The molecule has 0 unspecified atom stereocenters. The number of nitrogens with two attached hydrogens (primary N) is 1. The summed E-state index contributed by atoms with van der Waals surface area (Å²) in [6.45, 7) is 0. The van der Waals surface area contributed by atoms with Gasteiger partial charge in [-0.15, -0.1) is 0 Å². The van der Waals surface area contributed by atoms with Gasteiger partial charge in [0.15, 0.2) is 0 Å². The molecule has 0 amide bonds. The number of aliphatic hydroxyl groups is 1. The molecule has 6 atom stereocenters. The highest BCUT2D eigenvalue weighted by atomic mass is 16.5. The summed E-state index contributed by atoms with van der Waals surface area (Å²) in [5.74, 6) is 1.48. The lowest BCUT2D eigenvalue weighted by Crippen LogP contribution is -2.45. The van der Waals surface area contributed by atoms with Crippen molar-refractivity contribution >= 4 is 0 Å². The second-order valence-corrected chi connectivity index (χ2v) is 5.78. The highest BCUT2D eigenvalue weighted by Gasteiger charge is 2.61. The molecular weight excluding hydrogens is 190 g/mol. The number of methoxy groups -OCH3 is 1. The first kappa shape index (κ1) is 10.1. The molecule has 3 N–H and O–H groups in total. The molecule has 0 aromatic rings. The fourth-order valence-electron chi connectivity index (χ4n) is 4.57. The van der Waals surface area contributed by atoms with Crippen LogP contribution < -0.4 is 5.73 Å². The zero-order valence-corrected chi connectivity index (χ0v) is 9.36. The molecule has 3 rings (SSSR count). The van der Waals surface area contributed by atoms with Crippen LogP contribution in [0.25, 0.3) is 0 Å². The van der Waals surface area contributed by atoms with Crippen LogP contribution in [0.1, 0.15) is 32.1 Å². The fourth-order valence-corrected chi connectivity index (χ4v) is 4.57. The maximum absolute atomic E-state index is 9.98. The summed E-state index contributed by atoms with van der Waals surface area (Å²) in [4.78, 5) is 0. The van der Waals surface area contributed by atoms with Gasteiger partial charge in [0.25, 0.3) is 0 Å². The molecule has 1 spiro atoms. The van der Waals surface area contributed by atoms with Crippen LogP contribution >= 0.6 is 0 Å². The van der Waals surface area contributed by atoms with Crippen LogP contribution in [0.3, 0.4) is 0 Å². The smallest absolute Gasteiger partial charge is 0.0836 e. The Hall–Kier alpha value is -0.120. The number of hydrogen-bond donors (Lipinski definition) is 2. The Balaban J connectivity index is 1.86. The lowest BCUT2D eigenvalue weighted by Gasteiger charge is -2.39. The summed E-state index contributed by atoms with van der Waals surface area (Å²) in [7, 11) is 1.70. The second-order valence-electron chi connectivity index (χ2n) is 5.78. The molecule has 0 aromatic carbocycles. The van der Waals surface area contributed by atoms with Crippen molar-refractivity contribution in [2.45, 2.75) is 50.4 Å². The van der Waals surface area contributed by atoms with E-state index in [-0.39, 0.29) is 17.6 Å². The first-order valence-corrected chi connectivity index (χ1v) is 6.14. The van der Waals surface area contributed by atoms with Gasteiger partial charge in [0.1, 0.15) is 0 Å². The van der Waals surface area contributed by atoms with Crippen LogP contribution in [0.15, 0.2) is 0 Å². The van der Waals surface area contributed by atoms with Gasteiger partial charge in [-0.05, 0) is 49.4 Å². The van der Waals surface area contributed by atoms with Gasteiger partial charge in [-0.1, -0.05) is 0 Å². The Morgan fingerprint density at radius 2 is 2.13 bits per heavy atom. The summed E-state index contributed by atoms with van der Waals surface area (Å²) < 4.78 is 5.36. The monoisotopic (exact) mass is 211 g/mol. The van der Waals surface area contributed by atoms with Crippen LogP contribution in [-0.2, 0) is 4.74 Å². The quantitative estimate of drug-likeness (QED) is 0.677. The van der Waals surface area contributed by atoms with Crippen molar-refractivity contribution in [3.8, 4) is 0 Å². The molecule has 3 nitrogen and oxygen atoms in total. The standard InChI is InChI=1S/C12H21NO2/c1-15-10-6-12(5-9(10)14)8-3-2-7(4-8)11(12)13/h7-11,14H,2-6,13H2,1H3/t7-,8+,9+,10+,11+,12-/m0/s1. The SMILES string of the molecule is CO[C@@H]1C[C@@]2(C[C@H]1O)[C@@H]1CC[C@@H](C1)[C@H]2N. The van der Waals surface area contributed by atoms with E-state index in [2.05, 4.69) is 0 Å². The van der Waals surface area contributed by atoms with E-state index in [0.29, 0.717) is 6.04 Å². The molecule has 0 aliphatic heterocycles. The fraction of sp³-hybridized carbons (Fsp3) is 1.00. The normalized spacial score (nSPS) is 58.2. The minimum Gasteiger partial charge on any atom is -0.390 e. The summed E-state index contributed by atoms with van der Waals surface area (Å²) in [6.07, 6.45) is 5.50. The molecule has 86 valence electrons. The minimum absolute atomic E-state index is 0.0235. The van der Waals surface area contributed by atoms with Gasteiger partial charge < -0.3 is 15.6 Å². The average molecular weight is 211 g/mol. The van der Waals surface area contributed by atoms with Gasteiger partial charge in [0.05, 0.1) is 12.2 Å². The molecule has 3 aliphatic carbocycles. The zero-order valence-electron chi connectivity index (χ0n) is 9.36. The Bertz CT molecular complexity index is 266. The third-order valence-electron chi connectivity index (χ3n) is 5.36. The van der Waals surface area contributed by atoms with Crippen LogP contribution in [0.2, 0.25) is 0 Å². The molecule has 3 heteroatoms. The molecular formula is C12H21NO2. The van der Waals surface area contributed by atoms with Crippen molar-refractivity contribution in [2.75, 3.05) is 7.11 Å². The van der Waals surface area contributed by atoms with Gasteiger partial charge in [-0.25, -0.2) is 0 Å². The number of ether oxygens (including phenoxy) is 1. The summed E-state index contributed by atoms with van der Waals surface area (Å²) in [5, 5.41) is 9.98. The predicted octanol–water partition coefficient (Wildman–Crippen LogP) is 0.900. The van der Waals surface area contributed by atoms with Crippen molar-refractivity contribution in [3.63, 3.8) is 0 Å². The molecule has 0 heterocycles. The first-order valence-electron chi connectivity index (χ1n) is 6.14. The zero-order chi connectivity index (χ0) is 10.6. The van der Waals surface area contributed by atoms with Crippen molar-refractivity contribution in [3.05, 3.63) is 0 Å². The van der Waals surface area contributed by atoms with E-state index in [1.165, 1.54) is 19.3 Å². The van der Waals surface area contributed by atoms with Gasteiger partial charge in [0, 0.05) is 13.2 Å².